The summed E-state index contributed by atoms with van der Waals surface area (Å²) in [4.78, 5) is 28.3. The molecule has 0 aliphatic rings. The number of oxazole rings is 1. The molecule has 3 aromatic carbocycles. The second kappa shape index (κ2) is 8.51. The molecule has 0 radical (unpaired) electrons. The summed E-state index contributed by atoms with van der Waals surface area (Å²) >= 11 is 1.07. The van der Waals surface area contributed by atoms with Crippen molar-refractivity contribution < 1.29 is 18.4 Å². The SMILES string of the molecule is CC(=O)c1ccc(SCC(=O)Nc2ccc(-c3nc4ccccc4o3)cc2)c(F)c1. The minimum Gasteiger partial charge on any atom is -0.436 e. The number of anilines is 1. The Morgan fingerprint density at radius 3 is 2.53 bits per heavy atom. The Morgan fingerprint density at radius 1 is 1.07 bits per heavy atom. The second-order valence-corrected chi connectivity index (χ2v) is 7.62. The van der Waals surface area contributed by atoms with Crippen molar-refractivity contribution in [2.75, 3.05) is 11.1 Å². The van der Waals surface area contributed by atoms with Crippen LogP contribution in [0.3, 0.4) is 0 Å². The summed E-state index contributed by atoms with van der Waals surface area (Å²) in [6.07, 6.45) is 0. The summed E-state index contributed by atoms with van der Waals surface area (Å²) in [5, 5.41) is 2.78. The Kier molecular flexibility index (Phi) is 5.63. The van der Waals surface area contributed by atoms with E-state index < -0.39 is 5.82 Å². The Balaban J connectivity index is 1.37. The van der Waals surface area contributed by atoms with E-state index in [4.69, 9.17) is 4.42 Å². The van der Waals surface area contributed by atoms with Crippen LogP contribution in [0.5, 0.6) is 0 Å². The number of aromatic nitrogens is 1. The fraction of sp³-hybridized carbons (Fsp3) is 0.0870. The van der Waals surface area contributed by atoms with Gasteiger partial charge in [-0.1, -0.05) is 18.2 Å². The van der Waals surface area contributed by atoms with E-state index in [1.165, 1.54) is 19.1 Å². The summed E-state index contributed by atoms with van der Waals surface area (Å²) in [6.45, 7) is 1.38. The fourth-order valence-electron chi connectivity index (χ4n) is 2.87. The quantitative estimate of drug-likeness (QED) is 0.326. The van der Waals surface area contributed by atoms with Crippen molar-refractivity contribution in [2.45, 2.75) is 11.8 Å². The van der Waals surface area contributed by atoms with Crippen LogP contribution in [0.1, 0.15) is 17.3 Å². The minimum absolute atomic E-state index is 0.0449. The standard InChI is InChI=1S/C23H17FN2O3S/c1-14(27)16-8-11-21(18(24)12-16)30-13-22(28)25-17-9-6-15(7-10-17)23-26-19-4-2-3-5-20(19)29-23/h2-12H,13H2,1H3,(H,25,28). The zero-order valence-electron chi connectivity index (χ0n) is 16.0. The molecule has 0 spiro atoms. The summed E-state index contributed by atoms with van der Waals surface area (Å²) in [6, 6.07) is 18.9. The third-order valence-electron chi connectivity index (χ3n) is 4.41. The second-order valence-electron chi connectivity index (χ2n) is 6.60. The number of Topliss-reactive ketones (excluding diaryl/α,β-unsaturated/α-hetero) is 1. The van der Waals surface area contributed by atoms with Gasteiger partial charge in [-0.15, -0.1) is 11.8 Å². The van der Waals surface area contributed by atoms with Crippen molar-refractivity contribution in [3.63, 3.8) is 0 Å². The molecule has 0 unspecified atom stereocenters. The average Bonchev–Trinajstić information content (AvgIpc) is 3.17. The maximum atomic E-state index is 14.1. The van der Waals surface area contributed by atoms with Gasteiger partial charge in [0.15, 0.2) is 11.4 Å². The van der Waals surface area contributed by atoms with Gasteiger partial charge < -0.3 is 9.73 Å². The van der Waals surface area contributed by atoms with Crippen LogP contribution in [0.4, 0.5) is 10.1 Å². The van der Waals surface area contributed by atoms with E-state index in [2.05, 4.69) is 10.3 Å². The van der Waals surface area contributed by atoms with E-state index in [0.29, 0.717) is 27.6 Å². The molecule has 1 N–H and O–H groups in total. The summed E-state index contributed by atoms with van der Waals surface area (Å²) < 4.78 is 19.8. The van der Waals surface area contributed by atoms with Crippen LogP contribution in [0.2, 0.25) is 0 Å². The Bertz CT molecular complexity index is 1200. The molecular formula is C23H17FN2O3S. The maximum Gasteiger partial charge on any atom is 0.234 e. The van der Waals surface area contributed by atoms with E-state index in [-0.39, 0.29) is 17.4 Å². The first-order valence-corrected chi connectivity index (χ1v) is 10.2. The van der Waals surface area contributed by atoms with Crippen molar-refractivity contribution in [3.8, 4) is 11.5 Å². The number of benzene rings is 3. The molecule has 7 heteroatoms. The zero-order chi connectivity index (χ0) is 21.1. The van der Waals surface area contributed by atoms with Crippen LogP contribution in [0.25, 0.3) is 22.6 Å². The van der Waals surface area contributed by atoms with Crippen LogP contribution in [0.15, 0.2) is 76.0 Å². The van der Waals surface area contributed by atoms with Crippen molar-refractivity contribution in [1.82, 2.24) is 4.98 Å². The van der Waals surface area contributed by atoms with Crippen LogP contribution >= 0.6 is 11.8 Å². The van der Waals surface area contributed by atoms with Crippen molar-refractivity contribution in [1.29, 1.82) is 0 Å². The van der Waals surface area contributed by atoms with Crippen molar-refractivity contribution in [2.24, 2.45) is 0 Å². The molecule has 0 aliphatic carbocycles. The van der Waals surface area contributed by atoms with E-state index in [1.807, 2.05) is 36.4 Å². The third-order valence-corrected chi connectivity index (χ3v) is 5.46. The van der Waals surface area contributed by atoms with Gasteiger partial charge in [0.05, 0.1) is 5.75 Å². The molecule has 0 saturated carbocycles. The Hall–Kier alpha value is -3.45. The summed E-state index contributed by atoms with van der Waals surface area (Å²) in [5.41, 5.74) is 3.22. The highest BCUT2D eigenvalue weighted by atomic mass is 32.2. The number of halogens is 1. The number of carbonyl (C=O) groups excluding carboxylic acids is 2. The molecule has 150 valence electrons. The Morgan fingerprint density at radius 2 is 1.83 bits per heavy atom. The van der Waals surface area contributed by atoms with Gasteiger partial charge >= 0.3 is 0 Å². The number of nitrogens with one attached hydrogen (secondary N) is 1. The van der Waals surface area contributed by atoms with Gasteiger partial charge in [0.2, 0.25) is 11.8 Å². The van der Waals surface area contributed by atoms with E-state index in [1.54, 1.807) is 18.2 Å². The lowest BCUT2D eigenvalue weighted by molar-refractivity contribution is -0.113. The van der Waals surface area contributed by atoms with Crippen LogP contribution in [-0.2, 0) is 4.79 Å². The molecule has 0 saturated heterocycles. The number of hydrogen-bond donors (Lipinski definition) is 1. The topological polar surface area (TPSA) is 72.2 Å². The molecule has 5 nitrogen and oxygen atoms in total. The number of hydrogen-bond acceptors (Lipinski definition) is 5. The predicted octanol–water partition coefficient (Wildman–Crippen LogP) is 5.57. The molecule has 0 aliphatic heterocycles. The molecule has 30 heavy (non-hydrogen) atoms. The van der Waals surface area contributed by atoms with Crippen molar-refractivity contribution >= 4 is 40.2 Å². The minimum atomic E-state index is -0.511. The smallest absolute Gasteiger partial charge is 0.234 e. The van der Waals surface area contributed by atoms with Crippen LogP contribution in [0, 0.1) is 5.82 Å². The normalized spacial score (nSPS) is 10.9. The fourth-order valence-corrected chi connectivity index (χ4v) is 3.59. The number of thioether (sulfide) groups is 1. The van der Waals surface area contributed by atoms with Gasteiger partial charge in [-0.2, -0.15) is 0 Å². The number of para-hydroxylation sites is 2. The zero-order valence-corrected chi connectivity index (χ0v) is 16.8. The number of nitrogens with zero attached hydrogens (tertiary/aromatic N) is 1. The predicted molar refractivity (Wildman–Crippen MR) is 115 cm³/mol. The van der Waals surface area contributed by atoms with Crippen LogP contribution < -0.4 is 5.32 Å². The van der Waals surface area contributed by atoms with Gasteiger partial charge in [-0.3, -0.25) is 9.59 Å². The lowest BCUT2D eigenvalue weighted by Crippen LogP contribution is -2.14. The highest BCUT2D eigenvalue weighted by Crippen LogP contribution is 2.26. The molecule has 4 rings (SSSR count). The highest BCUT2D eigenvalue weighted by molar-refractivity contribution is 8.00. The highest BCUT2D eigenvalue weighted by Gasteiger charge is 2.11. The van der Waals surface area contributed by atoms with Crippen LogP contribution in [-0.4, -0.2) is 22.4 Å². The third kappa shape index (κ3) is 4.41. The van der Waals surface area contributed by atoms with Crippen molar-refractivity contribution in [3.05, 3.63) is 78.1 Å². The number of rotatable bonds is 6. The molecule has 1 amide bonds. The monoisotopic (exact) mass is 420 g/mol. The largest absolute Gasteiger partial charge is 0.436 e. The number of amides is 1. The molecule has 0 fully saturated rings. The maximum absolute atomic E-state index is 14.1. The number of ketones is 1. The Labute approximate surface area is 176 Å². The molecule has 4 aromatic rings. The molecule has 1 heterocycles. The first-order valence-electron chi connectivity index (χ1n) is 9.19. The summed E-state index contributed by atoms with van der Waals surface area (Å²) in [5.74, 6) is -0.421. The molecular weight excluding hydrogens is 403 g/mol. The molecule has 0 atom stereocenters. The van der Waals surface area contributed by atoms with E-state index >= 15 is 0 Å². The molecule has 1 aromatic heterocycles. The van der Waals surface area contributed by atoms with Gasteiger partial charge in [0.1, 0.15) is 11.3 Å². The van der Waals surface area contributed by atoms with E-state index in [0.717, 1.165) is 22.8 Å². The van der Waals surface area contributed by atoms with Gasteiger partial charge in [-0.25, -0.2) is 9.37 Å². The average molecular weight is 420 g/mol. The number of carbonyl (C=O) groups is 2. The number of fused-ring (bicyclic) bond motifs is 1. The van der Waals surface area contributed by atoms with Gasteiger partial charge in [0, 0.05) is 21.7 Å². The lowest BCUT2D eigenvalue weighted by atomic mass is 10.1. The first kappa shape index (κ1) is 19.8. The van der Waals surface area contributed by atoms with Gasteiger partial charge in [0.25, 0.3) is 0 Å². The lowest BCUT2D eigenvalue weighted by Gasteiger charge is -2.07. The first-order chi connectivity index (χ1) is 14.5. The van der Waals surface area contributed by atoms with Gasteiger partial charge in [-0.05, 0) is 55.5 Å². The summed E-state index contributed by atoms with van der Waals surface area (Å²) in [7, 11) is 0. The van der Waals surface area contributed by atoms with E-state index in [9.17, 15) is 14.0 Å². The molecule has 0 bridgehead atoms.